The lowest BCUT2D eigenvalue weighted by Gasteiger charge is -2.22. The predicted molar refractivity (Wildman–Crippen MR) is 101 cm³/mol. The van der Waals surface area contributed by atoms with Gasteiger partial charge in [0.1, 0.15) is 0 Å². The van der Waals surface area contributed by atoms with Crippen molar-refractivity contribution >= 4 is 28.9 Å². The maximum atomic E-state index is 7.67. The standard InChI is InChI=1S/C19H19N5S/c1-13-10-23(11-14-6-4-3-5-7-14)8-9-24-17(13)15(20-2)16-18(24)19(25)22-12-21-16/h3-7,12-13H,8-11H2,1H3,(H,21,22,25). The van der Waals surface area contributed by atoms with Gasteiger partial charge in [0.15, 0.2) is 4.64 Å². The van der Waals surface area contributed by atoms with Gasteiger partial charge in [-0.05, 0) is 11.5 Å². The van der Waals surface area contributed by atoms with Crippen LogP contribution >= 0.6 is 12.2 Å². The smallest absolute Gasteiger partial charge is 0.231 e. The monoisotopic (exact) mass is 349 g/mol. The first-order valence-electron chi connectivity index (χ1n) is 8.42. The van der Waals surface area contributed by atoms with Crippen molar-refractivity contribution in [3.63, 3.8) is 0 Å². The van der Waals surface area contributed by atoms with Crippen molar-refractivity contribution < 1.29 is 0 Å². The van der Waals surface area contributed by atoms with Crippen molar-refractivity contribution in [3.05, 3.63) is 64.0 Å². The van der Waals surface area contributed by atoms with Crippen molar-refractivity contribution in [3.8, 4) is 0 Å². The second kappa shape index (κ2) is 6.43. The van der Waals surface area contributed by atoms with Crippen LogP contribution in [0.4, 0.5) is 5.69 Å². The third-order valence-electron chi connectivity index (χ3n) is 4.87. The van der Waals surface area contributed by atoms with Crippen LogP contribution in [0.3, 0.4) is 0 Å². The van der Waals surface area contributed by atoms with Gasteiger partial charge in [-0.2, -0.15) is 0 Å². The molecule has 1 aliphatic rings. The molecule has 1 aliphatic heterocycles. The highest BCUT2D eigenvalue weighted by Gasteiger charge is 2.27. The Labute approximate surface area is 151 Å². The van der Waals surface area contributed by atoms with Crippen LogP contribution in [-0.4, -0.2) is 32.5 Å². The highest BCUT2D eigenvalue weighted by atomic mass is 32.1. The summed E-state index contributed by atoms with van der Waals surface area (Å²) in [6, 6.07) is 10.5. The van der Waals surface area contributed by atoms with E-state index in [1.165, 1.54) is 5.56 Å². The number of hydrogen-bond acceptors (Lipinski definition) is 3. The summed E-state index contributed by atoms with van der Waals surface area (Å²) in [4.78, 5) is 13.6. The Hall–Kier alpha value is -2.49. The predicted octanol–water partition coefficient (Wildman–Crippen LogP) is 4.26. The summed E-state index contributed by atoms with van der Waals surface area (Å²) in [6.07, 6.45) is 1.59. The van der Waals surface area contributed by atoms with Gasteiger partial charge in [-0.25, -0.2) is 9.83 Å². The van der Waals surface area contributed by atoms with Gasteiger partial charge in [0, 0.05) is 31.9 Å². The Balaban J connectivity index is 1.75. The molecule has 6 heteroatoms. The van der Waals surface area contributed by atoms with Gasteiger partial charge >= 0.3 is 0 Å². The van der Waals surface area contributed by atoms with Gasteiger partial charge in [0.05, 0.1) is 23.9 Å². The topological polar surface area (TPSA) is 41.2 Å². The second-order valence-electron chi connectivity index (χ2n) is 6.55. The number of nitrogens with zero attached hydrogens (tertiary/aromatic N) is 4. The zero-order chi connectivity index (χ0) is 17.4. The molecule has 1 atom stereocenters. The van der Waals surface area contributed by atoms with E-state index in [-0.39, 0.29) is 5.92 Å². The van der Waals surface area contributed by atoms with E-state index in [2.05, 4.69) is 55.5 Å². The van der Waals surface area contributed by atoms with E-state index in [4.69, 9.17) is 18.8 Å². The molecule has 0 saturated heterocycles. The number of aromatic nitrogens is 3. The molecule has 0 radical (unpaired) electrons. The lowest BCUT2D eigenvalue weighted by atomic mass is 10.1. The minimum atomic E-state index is 0.255. The molecular formula is C19H19N5S. The highest BCUT2D eigenvalue weighted by molar-refractivity contribution is 7.71. The SMILES string of the molecule is [C-]#[N+]c1c2n(c3c(=S)nc[nH]c13)CCN(Cc1ccccc1)CC2C. The average molecular weight is 349 g/mol. The zero-order valence-electron chi connectivity index (χ0n) is 14.1. The van der Waals surface area contributed by atoms with Crippen molar-refractivity contribution in [1.29, 1.82) is 0 Å². The second-order valence-corrected chi connectivity index (χ2v) is 6.94. The van der Waals surface area contributed by atoms with Crippen molar-refractivity contribution in [2.45, 2.75) is 25.9 Å². The minimum absolute atomic E-state index is 0.255. The number of fused-ring (bicyclic) bond motifs is 3. The van der Waals surface area contributed by atoms with Gasteiger partial charge in [0.2, 0.25) is 5.69 Å². The molecule has 3 heterocycles. The Kier molecular flexibility index (Phi) is 4.12. The van der Waals surface area contributed by atoms with Gasteiger partial charge in [0.25, 0.3) is 0 Å². The van der Waals surface area contributed by atoms with E-state index >= 15 is 0 Å². The molecule has 1 aromatic carbocycles. The summed E-state index contributed by atoms with van der Waals surface area (Å²) in [5.41, 5.74) is 4.81. The van der Waals surface area contributed by atoms with Gasteiger partial charge in [-0.15, -0.1) is 0 Å². The Morgan fingerprint density at radius 1 is 1.32 bits per heavy atom. The number of hydrogen-bond donors (Lipinski definition) is 1. The number of H-pyrrole nitrogens is 1. The number of nitrogens with one attached hydrogen (secondary N) is 1. The highest BCUT2D eigenvalue weighted by Crippen LogP contribution is 2.38. The molecule has 0 spiro atoms. The molecule has 4 rings (SSSR count). The molecule has 0 amide bonds. The molecular weight excluding hydrogens is 330 g/mol. The van der Waals surface area contributed by atoms with Crippen molar-refractivity contribution in [2.75, 3.05) is 13.1 Å². The van der Waals surface area contributed by atoms with Crippen LogP contribution in [0.1, 0.15) is 24.1 Å². The van der Waals surface area contributed by atoms with Crippen LogP contribution < -0.4 is 0 Å². The van der Waals surface area contributed by atoms with E-state index in [9.17, 15) is 0 Å². The minimum Gasteiger partial charge on any atom is -0.354 e. The summed E-state index contributed by atoms with van der Waals surface area (Å²) < 4.78 is 2.78. The maximum Gasteiger partial charge on any atom is 0.231 e. The van der Waals surface area contributed by atoms with E-state index < -0.39 is 0 Å². The quantitative estimate of drug-likeness (QED) is 0.555. The molecule has 0 fully saturated rings. The van der Waals surface area contributed by atoms with Crippen molar-refractivity contribution in [2.24, 2.45) is 0 Å². The Morgan fingerprint density at radius 2 is 2.12 bits per heavy atom. The van der Waals surface area contributed by atoms with E-state index in [0.29, 0.717) is 10.3 Å². The first-order valence-corrected chi connectivity index (χ1v) is 8.83. The molecule has 0 bridgehead atoms. The fourth-order valence-corrected chi connectivity index (χ4v) is 4.10. The van der Waals surface area contributed by atoms with Crippen molar-refractivity contribution in [1.82, 2.24) is 19.4 Å². The molecule has 0 saturated carbocycles. The van der Waals surface area contributed by atoms with Gasteiger partial charge in [-0.3, -0.25) is 4.90 Å². The normalized spacial score (nSPS) is 17.8. The first kappa shape index (κ1) is 16.0. The molecule has 2 aromatic heterocycles. The lowest BCUT2D eigenvalue weighted by Crippen LogP contribution is -2.27. The van der Waals surface area contributed by atoms with E-state index in [1.807, 2.05) is 6.07 Å². The Bertz CT molecular complexity index is 1010. The third-order valence-corrected chi connectivity index (χ3v) is 5.17. The molecule has 0 aliphatic carbocycles. The number of benzene rings is 1. The number of aromatic amines is 1. The lowest BCUT2D eigenvalue weighted by molar-refractivity contribution is 0.259. The third kappa shape index (κ3) is 2.76. The molecule has 3 aromatic rings. The molecule has 126 valence electrons. The zero-order valence-corrected chi connectivity index (χ0v) is 14.9. The number of rotatable bonds is 2. The summed E-state index contributed by atoms with van der Waals surface area (Å²) >= 11 is 5.45. The average Bonchev–Trinajstić information content (AvgIpc) is 2.86. The van der Waals surface area contributed by atoms with E-state index in [1.54, 1.807) is 6.33 Å². The molecule has 1 N–H and O–H groups in total. The van der Waals surface area contributed by atoms with Crippen LogP contribution in [0.15, 0.2) is 36.7 Å². The van der Waals surface area contributed by atoms with Gasteiger partial charge < -0.3 is 9.55 Å². The summed E-state index contributed by atoms with van der Waals surface area (Å²) in [5, 5.41) is 0. The summed E-state index contributed by atoms with van der Waals surface area (Å²) in [7, 11) is 0. The molecule has 25 heavy (non-hydrogen) atoms. The first-order chi connectivity index (χ1) is 12.2. The van der Waals surface area contributed by atoms with Crippen LogP contribution in [0.2, 0.25) is 0 Å². The summed E-state index contributed by atoms with van der Waals surface area (Å²) in [5.74, 6) is 0.255. The largest absolute Gasteiger partial charge is 0.354 e. The fourth-order valence-electron chi connectivity index (χ4n) is 3.84. The van der Waals surface area contributed by atoms with Crippen LogP contribution in [-0.2, 0) is 13.1 Å². The van der Waals surface area contributed by atoms with Gasteiger partial charge in [-0.1, -0.05) is 49.5 Å². The van der Waals surface area contributed by atoms with Crippen LogP contribution in [0.25, 0.3) is 15.9 Å². The molecule has 5 nitrogen and oxygen atoms in total. The molecule has 1 unspecified atom stereocenters. The van der Waals surface area contributed by atoms with Crippen LogP contribution in [0, 0.1) is 11.2 Å². The summed E-state index contributed by atoms with van der Waals surface area (Å²) in [6.45, 7) is 13.5. The van der Waals surface area contributed by atoms with Crippen LogP contribution in [0.5, 0.6) is 0 Å². The maximum absolute atomic E-state index is 7.67. The van der Waals surface area contributed by atoms with E-state index in [0.717, 1.165) is 42.9 Å². The Morgan fingerprint density at radius 3 is 2.88 bits per heavy atom. The fraction of sp³-hybridized carbons (Fsp3) is 0.316.